The molecule has 176 valence electrons. The fourth-order valence-corrected chi connectivity index (χ4v) is 4.18. The van der Waals surface area contributed by atoms with Crippen LogP contribution in [-0.4, -0.2) is 24.4 Å². The Hall–Kier alpha value is -2.10. The Morgan fingerprint density at radius 3 is 1.94 bits per heavy atom. The van der Waals surface area contributed by atoms with Crippen LogP contribution in [0.2, 0.25) is 0 Å². The molecule has 0 heterocycles. The summed E-state index contributed by atoms with van der Waals surface area (Å²) in [5, 5.41) is 9.79. The van der Waals surface area contributed by atoms with E-state index in [0.29, 0.717) is 37.8 Å². The standard InChI is InChI=1S/C23H25F6NO2/c24-22(25,26)17-10-15(11-18(12-17)23(27,28)29)20(13-31)32-14-21(8-6-19(30)7-9-21)16-4-2-1-3-5-16/h1-5,10-12,19-20,31H,6-9,13-14,30H2/t19-,20?,21+. The first-order chi connectivity index (χ1) is 14.9. The molecule has 9 heteroatoms. The molecule has 3 nitrogen and oxygen atoms in total. The average Bonchev–Trinajstić information content (AvgIpc) is 2.75. The normalized spacial score (nSPS) is 23.2. The molecule has 32 heavy (non-hydrogen) atoms. The van der Waals surface area contributed by atoms with Crippen LogP contribution in [0.15, 0.2) is 48.5 Å². The molecule has 2 aromatic rings. The zero-order valence-corrected chi connectivity index (χ0v) is 17.2. The van der Waals surface area contributed by atoms with E-state index in [1.165, 1.54) is 0 Å². The Morgan fingerprint density at radius 2 is 1.47 bits per heavy atom. The number of halogens is 6. The Labute approximate surface area is 182 Å². The molecule has 0 spiro atoms. The van der Waals surface area contributed by atoms with Crippen LogP contribution >= 0.6 is 0 Å². The fraction of sp³-hybridized carbons (Fsp3) is 0.478. The SMILES string of the molecule is N[C@H]1CC[C@@](COC(CO)c2cc(C(F)(F)F)cc(C(F)(F)F)c2)(c2ccccc2)CC1. The van der Waals surface area contributed by atoms with Crippen molar-refractivity contribution in [1.82, 2.24) is 0 Å². The number of nitrogens with two attached hydrogens (primary N) is 1. The first-order valence-corrected chi connectivity index (χ1v) is 10.3. The number of benzene rings is 2. The fourth-order valence-electron chi connectivity index (χ4n) is 4.18. The van der Waals surface area contributed by atoms with Gasteiger partial charge in [-0.25, -0.2) is 0 Å². The van der Waals surface area contributed by atoms with Crippen LogP contribution in [0.1, 0.15) is 54.0 Å². The van der Waals surface area contributed by atoms with Crippen molar-refractivity contribution in [3.05, 3.63) is 70.8 Å². The number of aliphatic hydroxyl groups excluding tert-OH is 1. The number of hydrogen-bond acceptors (Lipinski definition) is 3. The minimum atomic E-state index is -4.97. The number of alkyl halides is 6. The largest absolute Gasteiger partial charge is 0.416 e. The van der Waals surface area contributed by atoms with Gasteiger partial charge in [-0.05, 0) is 55.0 Å². The molecule has 0 saturated heterocycles. The molecule has 0 bridgehead atoms. The molecule has 3 rings (SSSR count). The lowest BCUT2D eigenvalue weighted by atomic mass is 9.69. The van der Waals surface area contributed by atoms with E-state index in [1.54, 1.807) is 0 Å². The molecule has 0 aromatic heterocycles. The Morgan fingerprint density at radius 1 is 0.938 bits per heavy atom. The molecule has 0 amide bonds. The monoisotopic (exact) mass is 461 g/mol. The van der Waals surface area contributed by atoms with Gasteiger partial charge in [0.15, 0.2) is 0 Å². The molecule has 3 N–H and O–H groups in total. The molecule has 1 unspecified atom stereocenters. The maximum absolute atomic E-state index is 13.2. The quantitative estimate of drug-likeness (QED) is 0.550. The number of ether oxygens (including phenoxy) is 1. The summed E-state index contributed by atoms with van der Waals surface area (Å²) in [6.07, 6.45) is -8.54. The van der Waals surface area contributed by atoms with Gasteiger partial charge in [0, 0.05) is 11.5 Å². The van der Waals surface area contributed by atoms with Gasteiger partial charge in [-0.3, -0.25) is 0 Å². The summed E-state index contributed by atoms with van der Waals surface area (Å²) >= 11 is 0. The van der Waals surface area contributed by atoms with Crippen LogP contribution < -0.4 is 5.73 Å². The first kappa shape index (κ1) is 24.5. The van der Waals surface area contributed by atoms with E-state index in [0.717, 1.165) is 5.56 Å². The van der Waals surface area contributed by atoms with Crippen LogP contribution in [0.5, 0.6) is 0 Å². The van der Waals surface area contributed by atoms with Crippen LogP contribution in [0.25, 0.3) is 0 Å². The molecule has 2 aromatic carbocycles. The molecular formula is C23H25F6NO2. The lowest BCUT2D eigenvalue weighted by molar-refractivity contribution is -0.143. The minimum Gasteiger partial charge on any atom is -0.393 e. The van der Waals surface area contributed by atoms with E-state index in [-0.39, 0.29) is 24.3 Å². The lowest BCUT2D eigenvalue weighted by Gasteiger charge is -2.40. The van der Waals surface area contributed by atoms with E-state index >= 15 is 0 Å². The smallest absolute Gasteiger partial charge is 0.393 e. The first-order valence-electron chi connectivity index (χ1n) is 10.3. The van der Waals surface area contributed by atoms with E-state index in [2.05, 4.69) is 0 Å². The zero-order valence-electron chi connectivity index (χ0n) is 17.2. The molecule has 1 fully saturated rings. The van der Waals surface area contributed by atoms with Crippen molar-refractivity contribution in [2.75, 3.05) is 13.2 Å². The third-order valence-corrected chi connectivity index (χ3v) is 6.08. The Bertz CT molecular complexity index is 857. The second kappa shape index (κ2) is 9.41. The summed E-state index contributed by atoms with van der Waals surface area (Å²) in [4.78, 5) is 0. The highest BCUT2D eigenvalue weighted by Crippen LogP contribution is 2.42. The summed E-state index contributed by atoms with van der Waals surface area (Å²) < 4.78 is 85.1. The maximum atomic E-state index is 13.2. The van der Waals surface area contributed by atoms with Gasteiger partial charge in [0.25, 0.3) is 0 Å². The molecule has 1 atom stereocenters. The summed E-state index contributed by atoms with van der Waals surface area (Å²) in [6.45, 7) is -0.727. The van der Waals surface area contributed by atoms with Gasteiger partial charge >= 0.3 is 12.4 Å². The van der Waals surface area contributed by atoms with Gasteiger partial charge < -0.3 is 15.6 Å². The van der Waals surface area contributed by atoms with E-state index in [9.17, 15) is 31.4 Å². The molecule has 1 saturated carbocycles. The summed E-state index contributed by atoms with van der Waals surface area (Å²) in [5.74, 6) is 0. The predicted molar refractivity (Wildman–Crippen MR) is 107 cm³/mol. The molecule has 0 radical (unpaired) electrons. The summed E-state index contributed by atoms with van der Waals surface area (Å²) in [7, 11) is 0. The Kier molecular flexibility index (Phi) is 7.21. The average molecular weight is 461 g/mol. The van der Waals surface area contributed by atoms with Crippen molar-refractivity contribution in [1.29, 1.82) is 0 Å². The van der Waals surface area contributed by atoms with Gasteiger partial charge in [-0.15, -0.1) is 0 Å². The van der Waals surface area contributed by atoms with Crippen molar-refractivity contribution >= 4 is 0 Å². The van der Waals surface area contributed by atoms with Crippen LogP contribution in [-0.2, 0) is 22.5 Å². The highest BCUT2D eigenvalue weighted by molar-refractivity contribution is 5.35. The highest BCUT2D eigenvalue weighted by atomic mass is 19.4. The van der Waals surface area contributed by atoms with Crippen LogP contribution in [0, 0.1) is 0 Å². The lowest BCUT2D eigenvalue weighted by Crippen LogP contribution is -2.40. The van der Waals surface area contributed by atoms with Crippen LogP contribution in [0.3, 0.4) is 0 Å². The second-order valence-electron chi connectivity index (χ2n) is 8.31. The topological polar surface area (TPSA) is 55.5 Å². The molecule has 1 aliphatic rings. The van der Waals surface area contributed by atoms with Crippen molar-refractivity contribution < 1.29 is 36.2 Å². The number of hydrogen-bond donors (Lipinski definition) is 2. The van der Waals surface area contributed by atoms with E-state index in [4.69, 9.17) is 10.5 Å². The summed E-state index contributed by atoms with van der Waals surface area (Å²) in [5.41, 5.74) is 3.25. The van der Waals surface area contributed by atoms with Crippen LogP contribution in [0.4, 0.5) is 26.3 Å². The van der Waals surface area contributed by atoms with Crippen molar-refractivity contribution in [2.24, 2.45) is 5.73 Å². The number of aliphatic hydroxyl groups is 1. The second-order valence-corrected chi connectivity index (χ2v) is 8.31. The van der Waals surface area contributed by atoms with E-state index in [1.807, 2.05) is 30.3 Å². The molecule has 0 aliphatic heterocycles. The zero-order chi connectivity index (χ0) is 23.6. The maximum Gasteiger partial charge on any atom is 0.416 e. The molecule has 1 aliphatic carbocycles. The number of rotatable bonds is 6. The summed E-state index contributed by atoms with van der Waals surface area (Å²) in [6, 6.07) is 10.7. The van der Waals surface area contributed by atoms with Gasteiger partial charge in [-0.2, -0.15) is 26.3 Å². The third-order valence-electron chi connectivity index (χ3n) is 6.08. The van der Waals surface area contributed by atoms with Crippen molar-refractivity contribution in [3.8, 4) is 0 Å². The van der Waals surface area contributed by atoms with E-state index < -0.39 is 41.6 Å². The van der Waals surface area contributed by atoms with Gasteiger partial charge in [-0.1, -0.05) is 30.3 Å². The van der Waals surface area contributed by atoms with Gasteiger partial charge in [0.05, 0.1) is 24.3 Å². The van der Waals surface area contributed by atoms with Crippen molar-refractivity contribution in [3.63, 3.8) is 0 Å². The predicted octanol–water partition coefficient (Wildman–Crippen LogP) is 5.61. The van der Waals surface area contributed by atoms with Gasteiger partial charge in [0.2, 0.25) is 0 Å². The molecular weight excluding hydrogens is 436 g/mol. The Balaban J connectivity index is 1.91. The minimum absolute atomic E-state index is 0.0262. The highest BCUT2D eigenvalue weighted by Gasteiger charge is 2.39. The van der Waals surface area contributed by atoms with Gasteiger partial charge in [0.1, 0.15) is 6.10 Å². The third kappa shape index (κ3) is 5.63. The van der Waals surface area contributed by atoms with Crippen molar-refractivity contribution in [2.45, 2.75) is 55.6 Å².